The van der Waals surface area contributed by atoms with Crippen LogP contribution in [0.15, 0.2) is 59.5 Å². The third-order valence-electron chi connectivity index (χ3n) is 5.21. The Morgan fingerprint density at radius 2 is 1.47 bits per heavy atom. The van der Waals surface area contributed by atoms with Gasteiger partial charge in [0.05, 0.1) is 10.8 Å². The molecule has 2 aromatic rings. The molecule has 0 radical (unpaired) electrons. The van der Waals surface area contributed by atoms with E-state index in [1.807, 2.05) is 37.3 Å². The van der Waals surface area contributed by atoms with Gasteiger partial charge in [-0.05, 0) is 49.1 Å². The predicted molar refractivity (Wildman–Crippen MR) is 123 cm³/mol. The summed E-state index contributed by atoms with van der Waals surface area (Å²) < 4.78 is 27.7. The van der Waals surface area contributed by atoms with Crippen LogP contribution in [0.2, 0.25) is 0 Å². The average molecular weight is 431 g/mol. The van der Waals surface area contributed by atoms with Crippen molar-refractivity contribution in [1.29, 1.82) is 0 Å². The molecule has 0 heterocycles. The molecule has 5 nitrogen and oxygen atoms in total. The fourth-order valence-electron chi connectivity index (χ4n) is 3.37. The first-order valence-corrected chi connectivity index (χ1v) is 12.3. The zero-order chi connectivity index (χ0) is 22.0. The van der Waals surface area contributed by atoms with E-state index in [0.29, 0.717) is 25.2 Å². The molecule has 0 aliphatic rings. The molecule has 0 aromatic heterocycles. The molecule has 0 aliphatic heterocycles. The molecular formula is C24H34N2O3S. The Kier molecular flexibility index (Phi) is 9.53. The molecule has 0 saturated carbocycles. The lowest BCUT2D eigenvalue weighted by atomic mass is 9.95. The molecule has 1 N–H and O–H groups in total. The van der Waals surface area contributed by atoms with E-state index in [2.05, 4.69) is 19.2 Å². The fraction of sp³-hybridized carbons (Fsp3) is 0.458. The summed E-state index contributed by atoms with van der Waals surface area (Å²) in [6.45, 7) is 7.16. The van der Waals surface area contributed by atoms with Gasteiger partial charge in [-0.2, -0.15) is 4.31 Å². The quantitative estimate of drug-likeness (QED) is 0.490. The number of sulfonamides is 1. The average Bonchev–Trinajstić information content (AvgIpc) is 2.75. The number of carbonyl (C=O) groups excluding carboxylic acids is 1. The second-order valence-corrected chi connectivity index (χ2v) is 9.43. The van der Waals surface area contributed by atoms with Crippen molar-refractivity contribution in [3.05, 3.63) is 60.2 Å². The minimum absolute atomic E-state index is 0.0909. The van der Waals surface area contributed by atoms with E-state index < -0.39 is 10.0 Å². The Hall–Kier alpha value is -2.18. The number of anilines is 1. The van der Waals surface area contributed by atoms with Gasteiger partial charge in [0.25, 0.3) is 0 Å². The highest BCUT2D eigenvalue weighted by atomic mass is 32.2. The molecule has 6 heteroatoms. The standard InChI is InChI=1S/C24H34N2O3S/c1-4-7-18-26(19-8-5-2)30(28,29)22-16-14-21(15-17-22)25-24(27)23(6-3)20-12-10-9-11-13-20/h9-17,23H,4-8,18-19H2,1-3H3,(H,25,27). The Morgan fingerprint density at radius 3 is 1.97 bits per heavy atom. The van der Waals surface area contributed by atoms with Crippen molar-refractivity contribution in [2.75, 3.05) is 18.4 Å². The maximum atomic E-state index is 13.1. The number of nitrogens with zero attached hydrogens (tertiary/aromatic N) is 1. The summed E-state index contributed by atoms with van der Waals surface area (Å²) in [6, 6.07) is 16.2. The normalized spacial score (nSPS) is 12.7. The van der Waals surface area contributed by atoms with Crippen molar-refractivity contribution in [3.63, 3.8) is 0 Å². The monoisotopic (exact) mass is 430 g/mol. The molecule has 0 aliphatic carbocycles. The van der Waals surface area contributed by atoms with E-state index in [1.165, 1.54) is 0 Å². The van der Waals surface area contributed by atoms with Crippen molar-refractivity contribution in [3.8, 4) is 0 Å². The smallest absolute Gasteiger partial charge is 0.243 e. The van der Waals surface area contributed by atoms with Crippen LogP contribution >= 0.6 is 0 Å². The highest BCUT2D eigenvalue weighted by Crippen LogP contribution is 2.23. The lowest BCUT2D eigenvalue weighted by molar-refractivity contribution is -0.117. The maximum absolute atomic E-state index is 13.1. The van der Waals surface area contributed by atoms with Gasteiger partial charge < -0.3 is 5.32 Å². The van der Waals surface area contributed by atoms with Crippen molar-refractivity contribution in [2.24, 2.45) is 0 Å². The van der Waals surface area contributed by atoms with Crippen molar-refractivity contribution >= 4 is 21.6 Å². The Labute approximate surface area is 181 Å². The number of benzene rings is 2. The van der Waals surface area contributed by atoms with Crippen LogP contribution in [0.5, 0.6) is 0 Å². The molecule has 1 atom stereocenters. The van der Waals surface area contributed by atoms with Crippen LogP contribution in [0.25, 0.3) is 0 Å². The third kappa shape index (κ3) is 6.41. The summed E-state index contributed by atoms with van der Waals surface area (Å²) in [7, 11) is -3.53. The van der Waals surface area contributed by atoms with Gasteiger partial charge in [-0.15, -0.1) is 0 Å². The van der Waals surface area contributed by atoms with Crippen LogP contribution in [0, 0.1) is 0 Å². The number of unbranched alkanes of at least 4 members (excludes halogenated alkanes) is 2. The number of nitrogens with one attached hydrogen (secondary N) is 1. The van der Waals surface area contributed by atoms with Gasteiger partial charge in [0, 0.05) is 18.8 Å². The minimum atomic E-state index is -3.53. The molecule has 0 spiro atoms. The number of rotatable bonds is 12. The van der Waals surface area contributed by atoms with Gasteiger partial charge in [0.1, 0.15) is 0 Å². The van der Waals surface area contributed by atoms with Gasteiger partial charge in [-0.1, -0.05) is 63.9 Å². The fourth-order valence-corrected chi connectivity index (χ4v) is 4.88. The van der Waals surface area contributed by atoms with Crippen molar-refractivity contribution in [2.45, 2.75) is 63.7 Å². The minimum Gasteiger partial charge on any atom is -0.326 e. The van der Waals surface area contributed by atoms with Crippen LogP contribution < -0.4 is 5.32 Å². The summed E-state index contributed by atoms with van der Waals surface area (Å²) >= 11 is 0. The van der Waals surface area contributed by atoms with E-state index in [1.54, 1.807) is 28.6 Å². The lowest BCUT2D eigenvalue weighted by Gasteiger charge is -2.22. The van der Waals surface area contributed by atoms with E-state index >= 15 is 0 Å². The highest BCUT2D eigenvalue weighted by Gasteiger charge is 2.24. The lowest BCUT2D eigenvalue weighted by Crippen LogP contribution is -2.33. The van der Waals surface area contributed by atoms with E-state index in [-0.39, 0.29) is 16.7 Å². The summed E-state index contributed by atoms with van der Waals surface area (Å²) in [5, 5.41) is 2.92. The number of hydrogen-bond acceptors (Lipinski definition) is 3. The number of carbonyl (C=O) groups is 1. The Morgan fingerprint density at radius 1 is 0.900 bits per heavy atom. The van der Waals surface area contributed by atoms with Crippen LogP contribution in [0.1, 0.15) is 64.4 Å². The molecule has 0 saturated heterocycles. The van der Waals surface area contributed by atoms with Gasteiger partial charge in [-0.25, -0.2) is 8.42 Å². The van der Waals surface area contributed by atoms with E-state index in [9.17, 15) is 13.2 Å². The van der Waals surface area contributed by atoms with Crippen LogP contribution in [-0.2, 0) is 14.8 Å². The Bertz CT molecular complexity index is 872. The first-order chi connectivity index (χ1) is 14.4. The summed E-state index contributed by atoms with van der Waals surface area (Å²) in [5.74, 6) is -0.333. The van der Waals surface area contributed by atoms with Crippen LogP contribution in [-0.4, -0.2) is 31.7 Å². The molecule has 164 valence electrons. The van der Waals surface area contributed by atoms with Gasteiger partial charge >= 0.3 is 0 Å². The Balaban J connectivity index is 2.13. The first-order valence-electron chi connectivity index (χ1n) is 10.9. The van der Waals surface area contributed by atoms with Crippen LogP contribution in [0.4, 0.5) is 5.69 Å². The third-order valence-corrected chi connectivity index (χ3v) is 7.12. The highest BCUT2D eigenvalue weighted by molar-refractivity contribution is 7.89. The van der Waals surface area contributed by atoms with Gasteiger partial charge in [-0.3, -0.25) is 4.79 Å². The first kappa shape index (κ1) is 24.1. The van der Waals surface area contributed by atoms with Crippen molar-refractivity contribution < 1.29 is 13.2 Å². The molecule has 0 bridgehead atoms. The zero-order valence-electron chi connectivity index (χ0n) is 18.3. The number of hydrogen-bond donors (Lipinski definition) is 1. The molecule has 2 rings (SSSR count). The molecule has 1 amide bonds. The second kappa shape index (κ2) is 11.9. The van der Waals surface area contributed by atoms with Gasteiger partial charge in [0.15, 0.2) is 0 Å². The zero-order valence-corrected chi connectivity index (χ0v) is 19.1. The van der Waals surface area contributed by atoms with Crippen LogP contribution in [0.3, 0.4) is 0 Å². The summed E-state index contributed by atoms with van der Waals surface area (Å²) in [4.78, 5) is 13.0. The summed E-state index contributed by atoms with van der Waals surface area (Å²) in [6.07, 6.45) is 4.27. The van der Waals surface area contributed by atoms with E-state index in [0.717, 1.165) is 31.2 Å². The van der Waals surface area contributed by atoms with E-state index in [4.69, 9.17) is 0 Å². The largest absolute Gasteiger partial charge is 0.326 e. The molecule has 1 unspecified atom stereocenters. The predicted octanol–water partition coefficient (Wildman–Crippen LogP) is 5.41. The topological polar surface area (TPSA) is 66.5 Å². The molecule has 0 fully saturated rings. The molecule has 30 heavy (non-hydrogen) atoms. The summed E-state index contributed by atoms with van der Waals surface area (Å²) in [5.41, 5.74) is 1.57. The maximum Gasteiger partial charge on any atom is 0.243 e. The van der Waals surface area contributed by atoms with Crippen molar-refractivity contribution in [1.82, 2.24) is 4.31 Å². The van der Waals surface area contributed by atoms with Gasteiger partial charge in [0.2, 0.25) is 15.9 Å². The molecular weight excluding hydrogens is 396 g/mol. The second-order valence-electron chi connectivity index (χ2n) is 7.50. The molecule has 2 aromatic carbocycles. The SMILES string of the molecule is CCCCN(CCCC)S(=O)(=O)c1ccc(NC(=O)C(CC)c2ccccc2)cc1. The number of amides is 1.